The van der Waals surface area contributed by atoms with Crippen LogP contribution < -0.4 is 0 Å². The molecule has 0 unspecified atom stereocenters. The first kappa shape index (κ1) is 15.7. The van der Waals surface area contributed by atoms with E-state index in [-0.39, 0.29) is 24.6 Å². The van der Waals surface area contributed by atoms with Gasteiger partial charge in [-0.3, -0.25) is 0 Å². The number of pyridine rings is 1. The van der Waals surface area contributed by atoms with Gasteiger partial charge in [0, 0.05) is 6.42 Å². The normalized spacial score (nSPS) is 10.0. The molecule has 1 heterocycles. The van der Waals surface area contributed by atoms with Gasteiger partial charge in [0.2, 0.25) is 0 Å². The van der Waals surface area contributed by atoms with Crippen molar-refractivity contribution in [3.8, 4) is 0 Å². The second kappa shape index (κ2) is 7.93. The third-order valence-corrected chi connectivity index (χ3v) is 2.91. The molecular formula is C17H17NO4. The first-order valence-electron chi connectivity index (χ1n) is 7.06. The van der Waals surface area contributed by atoms with E-state index in [2.05, 4.69) is 4.98 Å². The fourth-order valence-corrected chi connectivity index (χ4v) is 1.85. The molecule has 0 fully saturated rings. The van der Waals surface area contributed by atoms with Gasteiger partial charge in [0.25, 0.3) is 0 Å². The molecule has 0 saturated heterocycles. The van der Waals surface area contributed by atoms with Crippen LogP contribution in [0.2, 0.25) is 0 Å². The summed E-state index contributed by atoms with van der Waals surface area (Å²) in [6.45, 7) is 2.22. The van der Waals surface area contributed by atoms with Crippen molar-refractivity contribution in [3.05, 3.63) is 65.5 Å². The summed E-state index contributed by atoms with van der Waals surface area (Å²) in [5.74, 6) is -1.11. The summed E-state index contributed by atoms with van der Waals surface area (Å²) in [6.07, 6.45) is 0.629. The molecule has 1 aromatic carbocycles. The van der Waals surface area contributed by atoms with E-state index in [0.717, 1.165) is 5.56 Å². The highest BCUT2D eigenvalue weighted by Gasteiger charge is 2.13. The number of benzene rings is 1. The average molecular weight is 299 g/mol. The molecule has 0 atom stereocenters. The fraction of sp³-hybridized carbons (Fsp3) is 0.235. The van der Waals surface area contributed by atoms with E-state index in [9.17, 15) is 9.59 Å². The Morgan fingerprint density at radius 1 is 0.909 bits per heavy atom. The summed E-state index contributed by atoms with van der Waals surface area (Å²) in [4.78, 5) is 27.5. The Labute approximate surface area is 128 Å². The molecule has 0 spiro atoms. The van der Waals surface area contributed by atoms with E-state index in [4.69, 9.17) is 9.47 Å². The third kappa shape index (κ3) is 4.41. The molecule has 0 N–H and O–H groups in total. The van der Waals surface area contributed by atoms with Crippen molar-refractivity contribution in [3.63, 3.8) is 0 Å². The highest BCUT2D eigenvalue weighted by Crippen LogP contribution is 2.05. The predicted octanol–water partition coefficient (Wildman–Crippen LogP) is 2.66. The fourth-order valence-electron chi connectivity index (χ4n) is 1.85. The van der Waals surface area contributed by atoms with Gasteiger partial charge in [0.1, 0.15) is 11.4 Å². The lowest BCUT2D eigenvalue weighted by molar-refractivity contribution is 0.0499. The minimum atomic E-state index is -0.554. The highest BCUT2D eigenvalue weighted by atomic mass is 16.5. The molecular weight excluding hydrogens is 282 g/mol. The maximum absolute atomic E-state index is 11.9. The van der Waals surface area contributed by atoms with Crippen molar-refractivity contribution in [2.24, 2.45) is 0 Å². The van der Waals surface area contributed by atoms with Gasteiger partial charge >= 0.3 is 11.9 Å². The van der Waals surface area contributed by atoms with Crippen LogP contribution in [0, 0.1) is 0 Å². The van der Waals surface area contributed by atoms with Gasteiger partial charge in [-0.05, 0) is 24.6 Å². The predicted molar refractivity (Wildman–Crippen MR) is 80.6 cm³/mol. The maximum atomic E-state index is 11.9. The number of rotatable bonds is 6. The van der Waals surface area contributed by atoms with Crippen molar-refractivity contribution in [2.45, 2.75) is 13.3 Å². The molecule has 114 valence electrons. The summed E-state index contributed by atoms with van der Waals surface area (Å²) in [6, 6.07) is 14.3. The Hall–Kier alpha value is -2.69. The molecule has 2 aromatic rings. The molecule has 0 amide bonds. The number of carbonyl (C=O) groups is 2. The van der Waals surface area contributed by atoms with Gasteiger partial charge in [-0.25, -0.2) is 14.6 Å². The molecule has 5 nitrogen and oxygen atoms in total. The monoisotopic (exact) mass is 299 g/mol. The Balaban J connectivity index is 1.92. The second-order valence-electron chi connectivity index (χ2n) is 4.50. The van der Waals surface area contributed by atoms with Crippen LogP contribution in [0.5, 0.6) is 0 Å². The van der Waals surface area contributed by atoms with Gasteiger partial charge in [-0.2, -0.15) is 0 Å². The van der Waals surface area contributed by atoms with E-state index < -0.39 is 11.9 Å². The minimum absolute atomic E-state index is 0.0959. The van der Waals surface area contributed by atoms with E-state index in [1.807, 2.05) is 30.3 Å². The molecule has 0 aliphatic carbocycles. The molecule has 1 aromatic heterocycles. The first-order chi connectivity index (χ1) is 10.7. The van der Waals surface area contributed by atoms with Crippen molar-refractivity contribution in [1.29, 1.82) is 0 Å². The van der Waals surface area contributed by atoms with Crippen LogP contribution in [0.25, 0.3) is 0 Å². The zero-order valence-corrected chi connectivity index (χ0v) is 12.3. The third-order valence-electron chi connectivity index (χ3n) is 2.91. The smallest absolute Gasteiger partial charge is 0.356 e. The number of hydrogen-bond acceptors (Lipinski definition) is 5. The first-order valence-corrected chi connectivity index (χ1v) is 7.06. The highest BCUT2D eigenvalue weighted by molar-refractivity contribution is 5.91. The van der Waals surface area contributed by atoms with E-state index in [1.165, 1.54) is 12.1 Å². The summed E-state index contributed by atoms with van der Waals surface area (Å²) < 4.78 is 10.0. The topological polar surface area (TPSA) is 65.5 Å². The molecule has 2 rings (SSSR count). The van der Waals surface area contributed by atoms with Gasteiger partial charge in [-0.1, -0.05) is 36.4 Å². The molecule has 0 aliphatic heterocycles. The van der Waals surface area contributed by atoms with Gasteiger partial charge < -0.3 is 9.47 Å². The van der Waals surface area contributed by atoms with Crippen LogP contribution in [0.1, 0.15) is 33.5 Å². The number of aromatic nitrogens is 1. The number of hydrogen-bond donors (Lipinski definition) is 0. The lowest BCUT2D eigenvalue weighted by Gasteiger charge is -2.06. The van der Waals surface area contributed by atoms with Crippen LogP contribution >= 0.6 is 0 Å². The largest absolute Gasteiger partial charge is 0.461 e. The van der Waals surface area contributed by atoms with Crippen LogP contribution in [0.4, 0.5) is 0 Å². The van der Waals surface area contributed by atoms with Crippen LogP contribution in [-0.2, 0) is 15.9 Å². The average Bonchev–Trinajstić information content (AvgIpc) is 2.56. The molecule has 0 radical (unpaired) electrons. The second-order valence-corrected chi connectivity index (χ2v) is 4.50. The molecule has 0 aliphatic rings. The Morgan fingerprint density at radius 2 is 1.55 bits per heavy atom. The van der Waals surface area contributed by atoms with Crippen LogP contribution in [-0.4, -0.2) is 30.1 Å². The lowest BCUT2D eigenvalue weighted by Crippen LogP contribution is -2.13. The molecule has 22 heavy (non-hydrogen) atoms. The SMILES string of the molecule is CCOC(=O)c1cccc(C(=O)OCCc2ccccc2)n1. The van der Waals surface area contributed by atoms with E-state index in [1.54, 1.807) is 13.0 Å². The quantitative estimate of drug-likeness (QED) is 0.767. The van der Waals surface area contributed by atoms with Gasteiger partial charge in [0.05, 0.1) is 13.2 Å². The summed E-state index contributed by atoms with van der Waals surface area (Å²) in [5, 5.41) is 0. The number of nitrogens with zero attached hydrogens (tertiary/aromatic N) is 1. The maximum Gasteiger partial charge on any atom is 0.356 e. The number of esters is 2. The summed E-state index contributed by atoms with van der Waals surface area (Å²) in [7, 11) is 0. The van der Waals surface area contributed by atoms with Gasteiger partial charge in [0.15, 0.2) is 0 Å². The standard InChI is InChI=1S/C17H17NO4/c1-2-21-16(19)14-9-6-10-15(18-14)17(20)22-12-11-13-7-4-3-5-8-13/h3-10H,2,11-12H2,1H3. The lowest BCUT2D eigenvalue weighted by atomic mass is 10.2. The number of ether oxygens (including phenoxy) is 2. The zero-order chi connectivity index (χ0) is 15.8. The number of carbonyl (C=O) groups excluding carboxylic acids is 2. The molecule has 0 bridgehead atoms. The summed E-state index contributed by atoms with van der Waals surface area (Å²) in [5.41, 5.74) is 1.28. The van der Waals surface area contributed by atoms with Crippen molar-refractivity contribution in [1.82, 2.24) is 4.98 Å². The Bertz CT molecular complexity index is 640. The Kier molecular flexibility index (Phi) is 5.65. The Morgan fingerprint density at radius 3 is 2.18 bits per heavy atom. The molecule has 0 saturated carbocycles. The van der Waals surface area contributed by atoms with E-state index >= 15 is 0 Å². The van der Waals surface area contributed by atoms with E-state index in [0.29, 0.717) is 6.42 Å². The minimum Gasteiger partial charge on any atom is -0.461 e. The zero-order valence-electron chi connectivity index (χ0n) is 12.3. The van der Waals surface area contributed by atoms with Crippen molar-refractivity contribution in [2.75, 3.05) is 13.2 Å². The van der Waals surface area contributed by atoms with Crippen molar-refractivity contribution < 1.29 is 19.1 Å². The summed E-state index contributed by atoms with van der Waals surface area (Å²) >= 11 is 0. The van der Waals surface area contributed by atoms with Crippen LogP contribution in [0.3, 0.4) is 0 Å². The van der Waals surface area contributed by atoms with Crippen molar-refractivity contribution >= 4 is 11.9 Å². The molecule has 5 heteroatoms. The van der Waals surface area contributed by atoms with Crippen LogP contribution in [0.15, 0.2) is 48.5 Å². The van der Waals surface area contributed by atoms with Gasteiger partial charge in [-0.15, -0.1) is 0 Å².